The van der Waals surface area contributed by atoms with E-state index in [0.29, 0.717) is 11.9 Å². The van der Waals surface area contributed by atoms with E-state index in [1.54, 1.807) is 6.07 Å². The van der Waals surface area contributed by atoms with Crippen LogP contribution in [0.15, 0.2) is 97.1 Å². The molecule has 154 valence electrons. The Morgan fingerprint density at radius 2 is 1.48 bits per heavy atom. The smallest absolute Gasteiger partial charge is 0.357 e. The van der Waals surface area contributed by atoms with Gasteiger partial charge in [-0.1, -0.05) is 84.9 Å². The van der Waals surface area contributed by atoms with Crippen LogP contribution in [0.5, 0.6) is 0 Å². The zero-order valence-corrected chi connectivity index (χ0v) is 16.9. The molecular formula is C26H22N2O3. The van der Waals surface area contributed by atoms with Crippen molar-refractivity contribution in [3.63, 3.8) is 0 Å². The molecule has 4 rings (SSSR count). The van der Waals surface area contributed by atoms with Gasteiger partial charge in [0.15, 0.2) is 6.61 Å². The van der Waals surface area contributed by atoms with Crippen LogP contribution in [0.25, 0.3) is 10.9 Å². The second-order valence-corrected chi connectivity index (χ2v) is 7.19. The third kappa shape index (κ3) is 5.34. The number of rotatable bonds is 7. The van der Waals surface area contributed by atoms with Crippen molar-refractivity contribution in [3.8, 4) is 0 Å². The van der Waals surface area contributed by atoms with Crippen molar-refractivity contribution in [2.75, 3.05) is 6.61 Å². The zero-order valence-electron chi connectivity index (χ0n) is 16.9. The number of fused-ring (bicyclic) bond motifs is 1. The van der Waals surface area contributed by atoms with Crippen LogP contribution in [0.4, 0.5) is 0 Å². The molecule has 0 spiro atoms. The molecule has 0 aliphatic heterocycles. The van der Waals surface area contributed by atoms with Gasteiger partial charge in [-0.2, -0.15) is 0 Å². The number of hydrogen-bond donors (Lipinski definition) is 1. The minimum Gasteiger partial charge on any atom is -0.451 e. The standard InChI is InChI=1S/C26H22N2O3/c29-25(18-31-26(30)23-16-15-21-13-7-8-14-22(21)27-23)28-24(20-11-5-2-6-12-20)17-19-9-3-1-4-10-19/h1-16,24H,17-18H2,(H,28,29). The van der Waals surface area contributed by atoms with Crippen molar-refractivity contribution < 1.29 is 14.3 Å². The van der Waals surface area contributed by atoms with E-state index in [1.807, 2.05) is 91.0 Å². The first-order valence-corrected chi connectivity index (χ1v) is 10.1. The number of nitrogens with zero attached hydrogens (tertiary/aromatic N) is 1. The summed E-state index contributed by atoms with van der Waals surface area (Å²) in [6.07, 6.45) is 0.636. The van der Waals surface area contributed by atoms with E-state index in [2.05, 4.69) is 10.3 Å². The van der Waals surface area contributed by atoms with E-state index in [4.69, 9.17) is 4.74 Å². The topological polar surface area (TPSA) is 68.3 Å². The van der Waals surface area contributed by atoms with E-state index in [-0.39, 0.29) is 24.2 Å². The average Bonchev–Trinajstić information content (AvgIpc) is 2.83. The summed E-state index contributed by atoms with van der Waals surface area (Å²) in [6.45, 7) is -0.370. The number of hydrogen-bond acceptors (Lipinski definition) is 4. The van der Waals surface area contributed by atoms with E-state index in [0.717, 1.165) is 16.5 Å². The van der Waals surface area contributed by atoms with Gasteiger partial charge < -0.3 is 10.1 Å². The van der Waals surface area contributed by atoms with Crippen molar-refractivity contribution in [1.82, 2.24) is 10.3 Å². The van der Waals surface area contributed by atoms with E-state index in [1.165, 1.54) is 0 Å². The average molecular weight is 410 g/mol. The van der Waals surface area contributed by atoms with Crippen LogP contribution < -0.4 is 5.32 Å². The Hall–Kier alpha value is -3.99. The van der Waals surface area contributed by atoms with Gasteiger partial charge in [0, 0.05) is 5.39 Å². The minimum atomic E-state index is -0.625. The Morgan fingerprint density at radius 3 is 2.26 bits per heavy atom. The van der Waals surface area contributed by atoms with Gasteiger partial charge in [-0.05, 0) is 29.7 Å². The molecule has 5 nitrogen and oxygen atoms in total. The predicted molar refractivity (Wildman–Crippen MR) is 119 cm³/mol. The number of aromatic nitrogens is 1. The normalized spacial score (nSPS) is 11.6. The van der Waals surface area contributed by atoms with Crippen LogP contribution in [-0.2, 0) is 16.0 Å². The largest absolute Gasteiger partial charge is 0.451 e. The fourth-order valence-corrected chi connectivity index (χ4v) is 3.41. The quantitative estimate of drug-likeness (QED) is 0.456. The van der Waals surface area contributed by atoms with Crippen molar-refractivity contribution in [3.05, 3.63) is 114 Å². The first-order chi connectivity index (χ1) is 15.2. The summed E-state index contributed by atoms with van der Waals surface area (Å²) in [6, 6.07) is 30.4. The highest BCUT2D eigenvalue weighted by Crippen LogP contribution is 2.18. The Morgan fingerprint density at radius 1 is 0.806 bits per heavy atom. The number of carbonyl (C=O) groups excluding carboxylic acids is 2. The highest BCUT2D eigenvalue weighted by Gasteiger charge is 2.17. The summed E-state index contributed by atoms with van der Waals surface area (Å²) in [7, 11) is 0. The number of ether oxygens (including phenoxy) is 1. The van der Waals surface area contributed by atoms with Gasteiger partial charge in [-0.15, -0.1) is 0 Å². The van der Waals surface area contributed by atoms with E-state index < -0.39 is 5.97 Å². The molecule has 1 amide bonds. The monoisotopic (exact) mass is 410 g/mol. The maximum atomic E-state index is 12.6. The highest BCUT2D eigenvalue weighted by atomic mass is 16.5. The minimum absolute atomic E-state index is 0.176. The lowest BCUT2D eigenvalue weighted by molar-refractivity contribution is -0.125. The number of benzene rings is 3. The number of pyridine rings is 1. The van der Waals surface area contributed by atoms with Gasteiger partial charge in [0.1, 0.15) is 5.69 Å². The van der Waals surface area contributed by atoms with Crippen LogP contribution in [0.3, 0.4) is 0 Å². The van der Waals surface area contributed by atoms with E-state index >= 15 is 0 Å². The van der Waals surface area contributed by atoms with Crippen molar-refractivity contribution in [1.29, 1.82) is 0 Å². The van der Waals surface area contributed by atoms with Gasteiger partial charge in [-0.25, -0.2) is 9.78 Å². The summed E-state index contributed by atoms with van der Waals surface area (Å²) in [4.78, 5) is 29.2. The van der Waals surface area contributed by atoms with Crippen molar-refractivity contribution in [2.45, 2.75) is 12.5 Å². The molecule has 0 bridgehead atoms. The summed E-state index contributed by atoms with van der Waals surface area (Å²) in [5, 5.41) is 3.92. The number of carbonyl (C=O) groups is 2. The number of nitrogens with one attached hydrogen (secondary N) is 1. The van der Waals surface area contributed by atoms with Gasteiger partial charge in [0.2, 0.25) is 0 Å². The molecule has 5 heteroatoms. The van der Waals surface area contributed by atoms with E-state index in [9.17, 15) is 9.59 Å². The molecule has 0 fully saturated rings. The Labute approximate surface area is 180 Å². The summed E-state index contributed by atoms with van der Waals surface area (Å²) in [5.41, 5.74) is 2.97. The van der Waals surface area contributed by atoms with Crippen molar-refractivity contribution >= 4 is 22.8 Å². The number of amides is 1. The lowest BCUT2D eigenvalue weighted by Gasteiger charge is -2.19. The number of para-hydroxylation sites is 1. The Balaban J connectivity index is 1.40. The van der Waals surface area contributed by atoms with Crippen LogP contribution in [0.1, 0.15) is 27.7 Å². The third-order valence-electron chi connectivity index (χ3n) is 4.96. The highest BCUT2D eigenvalue weighted by molar-refractivity contribution is 5.92. The Kier molecular flexibility index (Phi) is 6.33. The molecule has 0 radical (unpaired) electrons. The second kappa shape index (κ2) is 9.67. The SMILES string of the molecule is O=C(COC(=O)c1ccc2ccccc2n1)NC(Cc1ccccc1)c1ccccc1. The molecular weight excluding hydrogens is 388 g/mol. The van der Waals surface area contributed by atoms with Crippen LogP contribution in [0.2, 0.25) is 0 Å². The Bertz CT molecular complexity index is 1180. The molecule has 3 aromatic carbocycles. The first-order valence-electron chi connectivity index (χ1n) is 10.1. The molecule has 0 saturated heterocycles. The fourth-order valence-electron chi connectivity index (χ4n) is 3.41. The van der Waals surface area contributed by atoms with Gasteiger partial charge in [0.25, 0.3) is 5.91 Å². The molecule has 31 heavy (non-hydrogen) atoms. The molecule has 0 aliphatic rings. The van der Waals surface area contributed by atoms with Crippen LogP contribution in [-0.4, -0.2) is 23.5 Å². The maximum absolute atomic E-state index is 12.6. The molecule has 4 aromatic rings. The summed E-state index contributed by atoms with van der Waals surface area (Å²) >= 11 is 0. The summed E-state index contributed by atoms with van der Waals surface area (Å²) in [5.74, 6) is -0.987. The maximum Gasteiger partial charge on any atom is 0.357 e. The van der Waals surface area contributed by atoms with Gasteiger partial charge >= 0.3 is 5.97 Å². The number of esters is 1. The lowest BCUT2D eigenvalue weighted by Crippen LogP contribution is -2.33. The molecule has 1 unspecified atom stereocenters. The zero-order chi connectivity index (χ0) is 21.5. The second-order valence-electron chi connectivity index (χ2n) is 7.19. The third-order valence-corrected chi connectivity index (χ3v) is 4.96. The summed E-state index contributed by atoms with van der Waals surface area (Å²) < 4.78 is 5.21. The lowest BCUT2D eigenvalue weighted by atomic mass is 9.99. The molecule has 0 aliphatic carbocycles. The van der Waals surface area contributed by atoms with Crippen LogP contribution >= 0.6 is 0 Å². The molecule has 1 heterocycles. The molecule has 1 N–H and O–H groups in total. The fraction of sp³-hybridized carbons (Fsp3) is 0.115. The molecule has 1 aromatic heterocycles. The first kappa shape index (κ1) is 20.3. The van der Waals surface area contributed by atoms with Crippen LogP contribution in [0, 0.1) is 0 Å². The van der Waals surface area contributed by atoms with Crippen molar-refractivity contribution in [2.24, 2.45) is 0 Å². The predicted octanol–water partition coefficient (Wildman–Crippen LogP) is 4.49. The van der Waals surface area contributed by atoms with Gasteiger partial charge in [-0.3, -0.25) is 4.79 Å². The van der Waals surface area contributed by atoms with Gasteiger partial charge in [0.05, 0.1) is 11.6 Å². The molecule has 0 saturated carbocycles. The molecule has 1 atom stereocenters.